The zero-order valence-electron chi connectivity index (χ0n) is 19.9. The summed E-state index contributed by atoms with van der Waals surface area (Å²) in [6.07, 6.45) is 4.21. The minimum atomic E-state index is -4.88. The predicted octanol–water partition coefficient (Wildman–Crippen LogP) is -5.21. The van der Waals surface area contributed by atoms with Gasteiger partial charge < -0.3 is 14.1 Å². The summed E-state index contributed by atoms with van der Waals surface area (Å²) in [5.74, 6) is 0. The van der Waals surface area contributed by atoms with Gasteiger partial charge in [0.15, 0.2) is 4.99 Å². The van der Waals surface area contributed by atoms with Gasteiger partial charge in [0, 0.05) is 0 Å². The van der Waals surface area contributed by atoms with Gasteiger partial charge in [-0.2, -0.15) is 8.42 Å². The van der Waals surface area contributed by atoms with Gasteiger partial charge >= 0.3 is 162 Å². The molecule has 11 heteroatoms. The first-order chi connectivity index (χ1) is 11.0. The molecule has 0 aliphatic carbocycles. The van der Waals surface area contributed by atoms with Crippen molar-refractivity contribution in [3.05, 3.63) is 47.0 Å². The van der Waals surface area contributed by atoms with Crippen LogP contribution in [0.25, 0.3) is 0 Å². The molecule has 1 aromatic rings. The molecule has 0 spiro atoms. The van der Waals surface area contributed by atoms with E-state index >= 15 is 0 Å². The molecule has 1 atom stereocenters. The van der Waals surface area contributed by atoms with Crippen molar-refractivity contribution in [2.45, 2.75) is 50.9 Å². The van der Waals surface area contributed by atoms with E-state index in [1.807, 2.05) is 19.9 Å². The Morgan fingerprint density at radius 2 is 1.70 bits per heavy atom. The van der Waals surface area contributed by atoms with Crippen molar-refractivity contribution < 1.29 is 186 Å². The van der Waals surface area contributed by atoms with Crippen LogP contribution in [0.1, 0.15) is 48.0 Å². The second-order valence-electron chi connectivity index (χ2n) is 6.03. The van der Waals surface area contributed by atoms with Crippen LogP contribution in [0.15, 0.2) is 35.9 Å². The molecule has 0 amide bonds. The van der Waals surface area contributed by atoms with Gasteiger partial charge in [-0.05, 0) is 51.5 Å². The molecule has 0 aromatic heterocycles. The van der Waals surface area contributed by atoms with Crippen LogP contribution in [0.4, 0.5) is 0 Å². The summed E-state index contributed by atoms with van der Waals surface area (Å²) in [4.78, 5) is 16.0. The molecule has 1 unspecified atom stereocenters. The van der Waals surface area contributed by atoms with Crippen LogP contribution in [-0.4, -0.2) is 27.7 Å². The Morgan fingerprint density at radius 1 is 1.19 bits per heavy atom. The van der Waals surface area contributed by atoms with Gasteiger partial charge in [-0.25, -0.2) is 0 Å². The Balaban J connectivity index is -0.000000240. The Hall–Kier alpha value is 3.93. The second kappa shape index (κ2) is 17.4. The van der Waals surface area contributed by atoms with Crippen molar-refractivity contribution in [3.63, 3.8) is 0 Å². The van der Waals surface area contributed by atoms with Crippen molar-refractivity contribution >= 4 is 17.7 Å². The fourth-order valence-electron chi connectivity index (χ4n) is 2.33. The Bertz CT molecular complexity index is 730. The van der Waals surface area contributed by atoms with Gasteiger partial charge in [-0.15, -0.1) is 0 Å². The molecular formula is C16H28K3O6PS. The average Bonchev–Trinajstić information content (AvgIpc) is 2.43. The van der Waals surface area contributed by atoms with Crippen LogP contribution in [0.5, 0.6) is 0 Å². The number of allylic oxidation sites excluding steroid dienone is 2. The summed E-state index contributed by atoms with van der Waals surface area (Å²) in [5, 5.41) is 0. The van der Waals surface area contributed by atoms with Crippen LogP contribution < -0.4 is 154 Å². The fourth-order valence-corrected chi connectivity index (χ4v) is 4.70. The van der Waals surface area contributed by atoms with E-state index in [2.05, 4.69) is 24.3 Å². The van der Waals surface area contributed by atoms with E-state index in [1.54, 1.807) is 0 Å². The van der Waals surface area contributed by atoms with Gasteiger partial charge in [-0.1, -0.05) is 41.5 Å². The van der Waals surface area contributed by atoms with E-state index in [0.717, 1.165) is 18.4 Å². The Kier molecular flexibility index (Phi) is 22.9. The van der Waals surface area contributed by atoms with Crippen LogP contribution in [-0.2, 0) is 21.1 Å². The Labute approximate surface area is 294 Å². The molecule has 0 fully saturated rings. The first-order valence-electron chi connectivity index (χ1n) is 7.73. The number of hydrogen-bond donors (Lipinski definition) is 3. The van der Waals surface area contributed by atoms with Gasteiger partial charge in [0.2, 0.25) is 0 Å². The normalized spacial score (nSPS) is 13.0. The topological polar surface area (TPSA) is 112 Å². The van der Waals surface area contributed by atoms with E-state index < -0.39 is 22.7 Å². The molecule has 0 heterocycles. The molecule has 0 saturated heterocycles. The molecule has 3 N–H and O–H groups in total. The van der Waals surface area contributed by atoms with Crippen LogP contribution in [0.2, 0.25) is 0 Å². The molecule has 1 aromatic carbocycles. The van der Waals surface area contributed by atoms with Crippen molar-refractivity contribution in [1.29, 1.82) is 0 Å². The molecule has 0 bridgehead atoms. The summed E-state index contributed by atoms with van der Waals surface area (Å²) < 4.78 is 42.1. The maximum absolute atomic E-state index is 11.1. The number of rotatable bonds is 9. The van der Waals surface area contributed by atoms with Crippen molar-refractivity contribution in [1.82, 2.24) is 0 Å². The van der Waals surface area contributed by atoms with Crippen molar-refractivity contribution in [2.24, 2.45) is 0 Å². The van der Waals surface area contributed by atoms with Crippen LogP contribution >= 0.6 is 7.60 Å². The third kappa shape index (κ3) is 16.2. The zero-order valence-corrected chi connectivity index (χ0v) is 28.0. The predicted molar refractivity (Wildman–Crippen MR) is 97.8 cm³/mol. The molecular weight excluding hydrogens is 469 g/mol. The number of unbranched alkanes of at least 4 members (excludes halogenated alkanes) is 1. The SMILES string of the molecule is C/C(=C\CCCC(P(=O)(O)O)S(=O)(=O)O)CCc1ccc(C)cc1.[H-].[H-].[H-].[K+].[K+].[K+]. The average molecular weight is 497 g/mol. The molecule has 27 heavy (non-hydrogen) atoms. The summed E-state index contributed by atoms with van der Waals surface area (Å²) in [7, 11) is -9.63. The van der Waals surface area contributed by atoms with E-state index in [4.69, 9.17) is 14.3 Å². The third-order valence-electron chi connectivity index (χ3n) is 3.80. The zero-order chi connectivity index (χ0) is 18.4. The maximum Gasteiger partial charge on any atom is 1.00 e. The summed E-state index contributed by atoms with van der Waals surface area (Å²) in [5.41, 5.74) is 3.58. The van der Waals surface area contributed by atoms with Crippen LogP contribution in [0, 0.1) is 6.92 Å². The monoisotopic (exact) mass is 496 g/mol. The van der Waals surface area contributed by atoms with E-state index in [1.165, 1.54) is 11.1 Å². The third-order valence-corrected chi connectivity index (χ3v) is 7.35. The first kappa shape index (κ1) is 35.5. The summed E-state index contributed by atoms with van der Waals surface area (Å²) in [6.45, 7) is 4.00. The standard InChI is InChI=1S/C16H25O6PS.3K.3H/c1-13(7-10-15-11-8-14(2)9-12-15)5-3-4-6-16(23(17,18)19)24(20,21)22;;;;;;/h5,8-9,11-12,16H,3-4,6-7,10H2,1-2H3,(H2,17,18,19)(H,20,21,22);;;;;;/q;3*+1;3*-1/b13-5+;;;;;;. The maximum atomic E-state index is 11.1. The molecule has 0 saturated carbocycles. The quantitative estimate of drug-likeness (QED) is 0.104. The Morgan fingerprint density at radius 3 is 2.15 bits per heavy atom. The number of aryl methyl sites for hydroxylation is 2. The fraction of sp³-hybridized carbons (Fsp3) is 0.500. The number of benzene rings is 1. The first-order valence-corrected chi connectivity index (χ1v) is 10.9. The largest absolute Gasteiger partial charge is 1.00 e. The molecule has 0 aliphatic heterocycles. The molecule has 142 valence electrons. The minimum Gasteiger partial charge on any atom is -1.00 e. The van der Waals surface area contributed by atoms with Gasteiger partial charge in [-0.3, -0.25) is 9.12 Å². The van der Waals surface area contributed by atoms with E-state index in [-0.39, 0.29) is 171 Å². The molecule has 0 aliphatic rings. The second-order valence-corrected chi connectivity index (χ2v) is 9.78. The molecule has 6 nitrogen and oxygen atoms in total. The van der Waals surface area contributed by atoms with E-state index in [0.29, 0.717) is 6.42 Å². The number of hydrogen-bond acceptors (Lipinski definition) is 3. The van der Waals surface area contributed by atoms with Crippen LogP contribution in [0.3, 0.4) is 0 Å². The van der Waals surface area contributed by atoms with Crippen molar-refractivity contribution in [2.75, 3.05) is 0 Å². The molecule has 1 rings (SSSR count). The van der Waals surface area contributed by atoms with Crippen molar-refractivity contribution in [3.8, 4) is 0 Å². The summed E-state index contributed by atoms with van der Waals surface area (Å²) in [6, 6.07) is 8.29. The summed E-state index contributed by atoms with van der Waals surface area (Å²) >= 11 is 0. The van der Waals surface area contributed by atoms with Gasteiger partial charge in [0.05, 0.1) is 0 Å². The molecule has 0 radical (unpaired) electrons. The minimum absolute atomic E-state index is 0. The van der Waals surface area contributed by atoms with Gasteiger partial charge in [0.1, 0.15) is 0 Å². The smallest absolute Gasteiger partial charge is 1.00 e. The van der Waals surface area contributed by atoms with E-state index in [9.17, 15) is 13.0 Å². The van der Waals surface area contributed by atoms with Gasteiger partial charge in [0.25, 0.3) is 10.1 Å².